The van der Waals surface area contributed by atoms with Crippen LogP contribution in [0.3, 0.4) is 0 Å². The molecule has 110 valence electrons. The summed E-state index contributed by atoms with van der Waals surface area (Å²) in [4.78, 5) is 11.6. The van der Waals surface area contributed by atoms with Crippen molar-refractivity contribution in [3.8, 4) is 5.75 Å². The van der Waals surface area contributed by atoms with Crippen molar-refractivity contribution in [2.24, 2.45) is 5.73 Å². The smallest absolute Gasteiger partial charge is 0.258 e. The molecule has 20 heavy (non-hydrogen) atoms. The number of carbonyl (C=O) groups excluding carboxylic acids is 1. The van der Waals surface area contributed by atoms with Gasteiger partial charge in [-0.15, -0.1) is 0 Å². The number of ether oxygens (including phenoxy) is 1. The molecule has 1 fully saturated rings. The van der Waals surface area contributed by atoms with E-state index in [1.54, 1.807) is 12.1 Å². The first kappa shape index (κ1) is 15.1. The lowest BCUT2D eigenvalue weighted by Crippen LogP contribution is -2.30. The van der Waals surface area contributed by atoms with Gasteiger partial charge in [-0.25, -0.2) is 0 Å². The maximum atomic E-state index is 11.6. The van der Waals surface area contributed by atoms with Gasteiger partial charge in [-0.2, -0.15) is 0 Å². The molecule has 1 aromatic rings. The number of nitrogens with two attached hydrogens (primary N) is 1. The highest BCUT2D eigenvalue weighted by Crippen LogP contribution is 2.24. The zero-order valence-electron chi connectivity index (χ0n) is 11.7. The van der Waals surface area contributed by atoms with Crippen molar-refractivity contribution < 1.29 is 9.53 Å². The number of hydrogen-bond donors (Lipinski definition) is 2. The van der Waals surface area contributed by atoms with Crippen molar-refractivity contribution in [1.29, 1.82) is 0 Å². The Morgan fingerprint density at radius 1 is 1.55 bits per heavy atom. The summed E-state index contributed by atoms with van der Waals surface area (Å²) in [5.74, 6) is 0.609. The minimum atomic E-state index is -0.0758. The first-order valence-corrected chi connectivity index (χ1v) is 7.42. The van der Waals surface area contributed by atoms with Crippen LogP contribution in [0.5, 0.6) is 5.75 Å². The van der Waals surface area contributed by atoms with E-state index in [0.29, 0.717) is 23.2 Å². The monoisotopic (exact) mass is 296 g/mol. The summed E-state index contributed by atoms with van der Waals surface area (Å²) < 4.78 is 5.60. The minimum Gasteiger partial charge on any atom is -0.483 e. The average molecular weight is 297 g/mol. The van der Waals surface area contributed by atoms with Gasteiger partial charge in [-0.3, -0.25) is 4.79 Å². The van der Waals surface area contributed by atoms with E-state index in [1.807, 2.05) is 13.0 Å². The van der Waals surface area contributed by atoms with Gasteiger partial charge in [0, 0.05) is 17.1 Å². The van der Waals surface area contributed by atoms with Gasteiger partial charge in [0.1, 0.15) is 5.75 Å². The van der Waals surface area contributed by atoms with E-state index in [1.165, 1.54) is 0 Å². The summed E-state index contributed by atoms with van der Waals surface area (Å²) >= 11 is 6.01. The Kier molecular flexibility index (Phi) is 5.26. The molecule has 0 bridgehead atoms. The number of rotatable bonds is 7. The van der Waals surface area contributed by atoms with Crippen molar-refractivity contribution in [3.05, 3.63) is 28.8 Å². The Bertz CT molecular complexity index is 475. The second-order valence-electron chi connectivity index (χ2n) is 5.25. The Morgan fingerprint density at radius 3 is 2.95 bits per heavy atom. The summed E-state index contributed by atoms with van der Waals surface area (Å²) in [6.45, 7) is 2.07. The lowest BCUT2D eigenvalue weighted by atomic mass is 10.0. The molecule has 1 aliphatic carbocycles. The molecule has 4 nitrogen and oxygen atoms in total. The van der Waals surface area contributed by atoms with Gasteiger partial charge in [0.15, 0.2) is 6.61 Å². The van der Waals surface area contributed by atoms with E-state index in [9.17, 15) is 4.79 Å². The van der Waals surface area contributed by atoms with Crippen LogP contribution in [0.1, 0.15) is 31.7 Å². The molecular weight excluding hydrogens is 276 g/mol. The van der Waals surface area contributed by atoms with Crippen molar-refractivity contribution in [1.82, 2.24) is 5.32 Å². The summed E-state index contributed by atoms with van der Waals surface area (Å²) in [6, 6.07) is 5.83. The third-order valence-electron chi connectivity index (χ3n) is 3.33. The largest absolute Gasteiger partial charge is 0.483 e. The Labute approximate surface area is 124 Å². The molecule has 1 unspecified atom stereocenters. The molecule has 2 rings (SSSR count). The van der Waals surface area contributed by atoms with Crippen LogP contribution in [0.25, 0.3) is 0 Å². The lowest BCUT2D eigenvalue weighted by Gasteiger charge is -2.14. The summed E-state index contributed by atoms with van der Waals surface area (Å²) in [5, 5.41) is 3.54. The Morgan fingerprint density at radius 2 is 2.30 bits per heavy atom. The van der Waals surface area contributed by atoms with Gasteiger partial charge in [-0.1, -0.05) is 18.5 Å². The van der Waals surface area contributed by atoms with Crippen LogP contribution in [-0.4, -0.2) is 24.6 Å². The summed E-state index contributed by atoms with van der Waals surface area (Å²) in [5.41, 5.74) is 6.93. The third-order valence-corrected chi connectivity index (χ3v) is 3.57. The van der Waals surface area contributed by atoms with Gasteiger partial charge < -0.3 is 15.8 Å². The van der Waals surface area contributed by atoms with E-state index in [4.69, 9.17) is 22.1 Å². The van der Waals surface area contributed by atoms with Crippen molar-refractivity contribution >= 4 is 17.5 Å². The van der Waals surface area contributed by atoms with Gasteiger partial charge in [0.05, 0.1) is 0 Å². The van der Waals surface area contributed by atoms with Gasteiger partial charge in [-0.05, 0) is 49.4 Å². The average Bonchev–Trinajstić information content (AvgIpc) is 3.21. The normalized spacial score (nSPS) is 15.8. The number of amides is 1. The molecule has 0 spiro atoms. The van der Waals surface area contributed by atoms with E-state index >= 15 is 0 Å². The summed E-state index contributed by atoms with van der Waals surface area (Å²) in [6.07, 6.45) is 3.72. The molecule has 5 heteroatoms. The Balaban J connectivity index is 1.96. The third kappa shape index (κ3) is 4.69. The quantitative estimate of drug-likeness (QED) is 0.811. The number of halogens is 1. The van der Waals surface area contributed by atoms with E-state index in [0.717, 1.165) is 24.8 Å². The van der Waals surface area contributed by atoms with Crippen LogP contribution < -0.4 is 15.8 Å². The zero-order valence-corrected chi connectivity index (χ0v) is 12.5. The molecule has 1 aliphatic rings. The Hall–Kier alpha value is -1.26. The highest BCUT2D eigenvalue weighted by molar-refractivity contribution is 6.30. The predicted octanol–water partition coefficient (Wildman–Crippen LogP) is 2.28. The fourth-order valence-electron chi connectivity index (χ4n) is 1.92. The molecule has 0 aromatic heterocycles. The molecule has 0 radical (unpaired) electrons. The highest BCUT2D eigenvalue weighted by atomic mass is 35.5. The fourth-order valence-corrected chi connectivity index (χ4v) is 2.11. The van der Waals surface area contributed by atoms with E-state index in [2.05, 4.69) is 5.32 Å². The first-order valence-electron chi connectivity index (χ1n) is 7.04. The number of hydrogen-bond acceptors (Lipinski definition) is 3. The SMILES string of the molecule is CCC(N)Cc1cc(Cl)ccc1OCC(=O)NC1CC1. The second-order valence-corrected chi connectivity index (χ2v) is 5.69. The van der Waals surface area contributed by atoms with E-state index < -0.39 is 0 Å². The first-order chi connectivity index (χ1) is 9.58. The van der Waals surface area contributed by atoms with Crippen molar-refractivity contribution in [2.45, 2.75) is 44.7 Å². The van der Waals surface area contributed by atoms with Crippen molar-refractivity contribution in [3.63, 3.8) is 0 Å². The molecule has 0 heterocycles. The van der Waals surface area contributed by atoms with Crippen LogP contribution in [0.15, 0.2) is 18.2 Å². The topological polar surface area (TPSA) is 64.3 Å². The molecule has 0 saturated heterocycles. The van der Waals surface area contributed by atoms with Crippen LogP contribution in [0.4, 0.5) is 0 Å². The molecular formula is C15H21ClN2O2. The second kappa shape index (κ2) is 6.95. The fraction of sp³-hybridized carbons (Fsp3) is 0.533. The summed E-state index contributed by atoms with van der Waals surface area (Å²) in [7, 11) is 0. The molecule has 0 aliphatic heterocycles. The number of benzene rings is 1. The number of nitrogens with one attached hydrogen (secondary N) is 1. The molecule has 1 atom stereocenters. The van der Waals surface area contributed by atoms with Gasteiger partial charge >= 0.3 is 0 Å². The van der Waals surface area contributed by atoms with E-state index in [-0.39, 0.29) is 18.6 Å². The standard InChI is InChI=1S/C15H21ClN2O2/c1-2-12(17)8-10-7-11(16)3-6-14(10)20-9-15(19)18-13-4-5-13/h3,6-7,12-13H,2,4-5,8-9,17H2,1H3,(H,18,19). The van der Waals surface area contributed by atoms with Crippen LogP contribution in [0, 0.1) is 0 Å². The molecule has 3 N–H and O–H groups in total. The van der Waals surface area contributed by atoms with Crippen LogP contribution in [0.2, 0.25) is 5.02 Å². The van der Waals surface area contributed by atoms with Gasteiger partial charge in [0.2, 0.25) is 0 Å². The highest BCUT2D eigenvalue weighted by Gasteiger charge is 2.23. The lowest BCUT2D eigenvalue weighted by molar-refractivity contribution is -0.123. The van der Waals surface area contributed by atoms with Crippen molar-refractivity contribution in [2.75, 3.05) is 6.61 Å². The molecule has 1 amide bonds. The molecule has 1 saturated carbocycles. The van der Waals surface area contributed by atoms with Crippen LogP contribution in [-0.2, 0) is 11.2 Å². The number of carbonyl (C=O) groups is 1. The zero-order chi connectivity index (χ0) is 14.5. The maximum absolute atomic E-state index is 11.6. The van der Waals surface area contributed by atoms with Crippen LogP contribution >= 0.6 is 11.6 Å². The minimum absolute atomic E-state index is 0.0342. The molecule has 1 aromatic carbocycles. The maximum Gasteiger partial charge on any atom is 0.258 e. The van der Waals surface area contributed by atoms with Gasteiger partial charge in [0.25, 0.3) is 5.91 Å². The predicted molar refractivity (Wildman–Crippen MR) is 80.1 cm³/mol.